The van der Waals surface area contributed by atoms with E-state index in [1.165, 1.54) is 0 Å². The first-order valence-corrected chi connectivity index (χ1v) is 2.41. The smallest absolute Gasteiger partial charge is 0.694 e. The molecule has 0 amide bonds. The zero-order valence-corrected chi connectivity index (χ0v) is 5.50. The Balaban J connectivity index is 0. The molecule has 0 aromatic rings. The molecule has 0 radical (unpaired) electrons. The van der Waals surface area contributed by atoms with Gasteiger partial charge >= 0.3 is 17.1 Å². The van der Waals surface area contributed by atoms with E-state index in [0.29, 0.717) is 12.3 Å². The van der Waals surface area contributed by atoms with Crippen LogP contribution in [0.25, 0.3) is 0 Å². The summed E-state index contributed by atoms with van der Waals surface area (Å²) in [5.41, 5.74) is 0. The Morgan fingerprint density at radius 1 is 1.57 bits per heavy atom. The Bertz CT molecular complexity index is 55.6. The molecule has 0 atom stereocenters. The Morgan fingerprint density at radius 2 is 2.14 bits per heavy atom. The molecule has 0 aliphatic heterocycles. The summed E-state index contributed by atoms with van der Waals surface area (Å²) in [5.74, 6) is 2.88. The summed E-state index contributed by atoms with van der Waals surface area (Å²) in [4.78, 5) is 0. The van der Waals surface area contributed by atoms with Gasteiger partial charge in [0, 0.05) is 5.88 Å². The number of rotatable bonds is 2. The van der Waals surface area contributed by atoms with Crippen LogP contribution in [0.4, 0.5) is 0 Å². The van der Waals surface area contributed by atoms with Crippen LogP contribution < -0.4 is 0 Å². The normalized spacial score (nSPS) is 6.29. The maximum atomic E-state index is 6.40. The van der Waals surface area contributed by atoms with E-state index in [0.717, 1.165) is 6.42 Å². The minimum absolute atomic E-state index is 0. The fraction of sp³-hybridized carbons (Fsp3) is 0.600. The van der Waals surface area contributed by atoms with Crippen LogP contribution in [-0.4, -0.2) is 5.88 Å². The molecule has 0 unspecified atom stereocenters. The van der Waals surface area contributed by atoms with E-state index in [9.17, 15) is 0 Å². The molecule has 44 valence electrons. The van der Waals surface area contributed by atoms with Gasteiger partial charge in [-0.05, 0) is 12.8 Å². The first-order chi connectivity index (χ1) is 2.91. The molecule has 0 rings (SSSR count). The molecular formula is C5H6ClCu. The van der Waals surface area contributed by atoms with Crippen LogP contribution in [0, 0.1) is 12.3 Å². The Labute approximate surface area is 60.1 Å². The molecule has 0 spiro atoms. The molecule has 0 aliphatic rings. The van der Waals surface area contributed by atoms with E-state index in [-0.39, 0.29) is 17.1 Å². The molecule has 0 saturated heterocycles. The third kappa shape index (κ3) is 10.7. The molecule has 2 heteroatoms. The standard InChI is InChI=1S/C5H6Cl.Cu/c1-2-3-4-5-6;/h3-5H2;/q-1;+1. The maximum Gasteiger partial charge on any atom is 1.00 e. The van der Waals surface area contributed by atoms with E-state index in [2.05, 4.69) is 5.92 Å². The molecule has 0 bridgehead atoms. The van der Waals surface area contributed by atoms with E-state index in [1.54, 1.807) is 0 Å². The summed E-state index contributed by atoms with van der Waals surface area (Å²) < 4.78 is 0. The van der Waals surface area contributed by atoms with Crippen molar-refractivity contribution < 1.29 is 17.1 Å². The van der Waals surface area contributed by atoms with E-state index < -0.39 is 0 Å². The van der Waals surface area contributed by atoms with Crippen molar-refractivity contribution in [2.75, 3.05) is 5.88 Å². The zero-order chi connectivity index (χ0) is 4.83. The van der Waals surface area contributed by atoms with Gasteiger partial charge in [0.05, 0.1) is 0 Å². The minimum Gasteiger partial charge on any atom is -0.694 e. The second-order valence-corrected chi connectivity index (χ2v) is 1.35. The van der Waals surface area contributed by atoms with Crippen molar-refractivity contribution in [3.05, 3.63) is 6.42 Å². The third-order valence-electron chi connectivity index (χ3n) is 0.435. The van der Waals surface area contributed by atoms with Crippen LogP contribution in [-0.2, 0) is 17.1 Å². The van der Waals surface area contributed by atoms with Gasteiger partial charge in [-0.1, -0.05) is 0 Å². The Kier molecular flexibility index (Phi) is 14.2. The van der Waals surface area contributed by atoms with Gasteiger partial charge in [-0.2, -0.15) is 0 Å². The SMILES string of the molecule is [C-]#CCCCCl.[Cu+]. The molecule has 0 N–H and O–H groups in total. The van der Waals surface area contributed by atoms with Crippen LogP contribution in [0.3, 0.4) is 0 Å². The van der Waals surface area contributed by atoms with Gasteiger partial charge < -0.3 is 12.3 Å². The van der Waals surface area contributed by atoms with Crippen LogP contribution in [0.1, 0.15) is 12.8 Å². The van der Waals surface area contributed by atoms with Gasteiger partial charge in [0.25, 0.3) is 0 Å². The van der Waals surface area contributed by atoms with Crippen LogP contribution >= 0.6 is 11.6 Å². The van der Waals surface area contributed by atoms with Crippen LogP contribution in [0.2, 0.25) is 0 Å². The van der Waals surface area contributed by atoms with Crippen molar-refractivity contribution in [1.82, 2.24) is 0 Å². The molecule has 0 heterocycles. The van der Waals surface area contributed by atoms with Crippen molar-refractivity contribution in [2.24, 2.45) is 0 Å². The molecule has 0 aromatic carbocycles. The average molecular weight is 165 g/mol. The Hall–Kier alpha value is 0.369. The zero-order valence-electron chi connectivity index (χ0n) is 3.80. The van der Waals surface area contributed by atoms with Gasteiger partial charge in [0.2, 0.25) is 0 Å². The third-order valence-corrected chi connectivity index (χ3v) is 0.703. The maximum absolute atomic E-state index is 6.40. The molecule has 7 heavy (non-hydrogen) atoms. The second-order valence-electron chi connectivity index (χ2n) is 0.969. The summed E-state index contributed by atoms with van der Waals surface area (Å²) >= 11 is 5.26. The topological polar surface area (TPSA) is 0 Å². The molecule has 0 aliphatic carbocycles. The van der Waals surface area contributed by atoms with Crippen LogP contribution in [0.15, 0.2) is 0 Å². The minimum atomic E-state index is 0. The van der Waals surface area contributed by atoms with Crippen molar-refractivity contribution in [2.45, 2.75) is 12.8 Å². The van der Waals surface area contributed by atoms with E-state index in [1.807, 2.05) is 0 Å². The fourth-order valence-corrected chi connectivity index (χ4v) is 0.289. The number of hydrogen-bond donors (Lipinski definition) is 0. The van der Waals surface area contributed by atoms with Gasteiger partial charge in [0.1, 0.15) is 0 Å². The molecule has 0 aromatic heterocycles. The summed E-state index contributed by atoms with van der Waals surface area (Å²) in [6.07, 6.45) is 7.98. The summed E-state index contributed by atoms with van der Waals surface area (Å²) in [5, 5.41) is 0. The largest absolute Gasteiger partial charge is 1.00 e. The quantitative estimate of drug-likeness (QED) is 0.191. The predicted octanol–water partition coefficient (Wildman–Crippen LogP) is 1.59. The monoisotopic (exact) mass is 164 g/mol. The first kappa shape index (κ1) is 10.4. The first-order valence-electron chi connectivity index (χ1n) is 1.87. The van der Waals surface area contributed by atoms with Gasteiger partial charge in [0.15, 0.2) is 0 Å². The average Bonchev–Trinajstić information content (AvgIpc) is 1.61. The van der Waals surface area contributed by atoms with Gasteiger partial charge in [-0.3, -0.25) is 0 Å². The van der Waals surface area contributed by atoms with Crippen LogP contribution in [0.5, 0.6) is 0 Å². The van der Waals surface area contributed by atoms with Crippen molar-refractivity contribution in [1.29, 1.82) is 0 Å². The fourth-order valence-electron chi connectivity index (χ4n) is 0.155. The molecule has 0 nitrogen and oxygen atoms in total. The molecule has 0 saturated carbocycles. The number of hydrogen-bond acceptors (Lipinski definition) is 0. The Morgan fingerprint density at radius 3 is 2.29 bits per heavy atom. The summed E-state index contributed by atoms with van der Waals surface area (Å²) in [6, 6.07) is 0. The van der Waals surface area contributed by atoms with Crippen molar-refractivity contribution in [3.8, 4) is 5.92 Å². The molecule has 0 fully saturated rings. The number of alkyl halides is 1. The molecular weight excluding hydrogens is 159 g/mol. The van der Waals surface area contributed by atoms with E-state index >= 15 is 0 Å². The number of unbranched alkanes of at least 4 members (excludes halogenated alkanes) is 1. The van der Waals surface area contributed by atoms with Crippen molar-refractivity contribution >= 4 is 11.6 Å². The second kappa shape index (κ2) is 9.62. The summed E-state index contributed by atoms with van der Waals surface area (Å²) in [7, 11) is 0. The predicted molar refractivity (Wildman–Crippen MR) is 27.1 cm³/mol. The van der Waals surface area contributed by atoms with E-state index in [4.69, 9.17) is 18.0 Å². The summed E-state index contributed by atoms with van der Waals surface area (Å²) in [6.45, 7) is 0. The van der Waals surface area contributed by atoms with Crippen molar-refractivity contribution in [3.63, 3.8) is 0 Å². The van der Waals surface area contributed by atoms with Gasteiger partial charge in [-0.25, -0.2) is 0 Å². The number of halogens is 1. The van der Waals surface area contributed by atoms with Gasteiger partial charge in [-0.15, -0.1) is 11.6 Å².